The molecular formula is C24H31N5OS. The zero-order valence-electron chi connectivity index (χ0n) is 18.8. The molecule has 2 N–H and O–H groups in total. The molecule has 164 valence electrons. The van der Waals surface area contributed by atoms with E-state index in [9.17, 15) is 4.79 Å². The number of amides is 1. The first-order valence-electron chi connectivity index (χ1n) is 10.8. The van der Waals surface area contributed by atoms with E-state index < -0.39 is 11.5 Å². The maximum atomic E-state index is 13.4. The van der Waals surface area contributed by atoms with Crippen molar-refractivity contribution in [3.8, 4) is 0 Å². The number of allylic oxidation sites excluding steroid dienone is 1. The fourth-order valence-electron chi connectivity index (χ4n) is 4.49. The fraction of sp³-hybridized carbons (Fsp3) is 0.458. The summed E-state index contributed by atoms with van der Waals surface area (Å²) >= 11 is 1.77. The fourth-order valence-corrected chi connectivity index (χ4v) is 5.87. The number of aryl methyl sites for hydroxylation is 1. The lowest BCUT2D eigenvalue weighted by atomic mass is 9.76. The molecule has 1 aromatic carbocycles. The van der Waals surface area contributed by atoms with Crippen molar-refractivity contribution in [3.05, 3.63) is 64.3 Å². The maximum Gasteiger partial charge on any atom is 0.239 e. The average molecular weight is 438 g/mol. The number of nitrogens with one attached hydrogen (secondary N) is 2. The third kappa shape index (κ3) is 3.80. The third-order valence-electron chi connectivity index (χ3n) is 6.76. The van der Waals surface area contributed by atoms with Crippen molar-refractivity contribution in [2.24, 2.45) is 7.05 Å². The summed E-state index contributed by atoms with van der Waals surface area (Å²) in [6, 6.07) is 8.47. The molecule has 2 aliphatic heterocycles. The van der Waals surface area contributed by atoms with E-state index in [1.807, 2.05) is 24.1 Å². The zero-order valence-corrected chi connectivity index (χ0v) is 19.7. The van der Waals surface area contributed by atoms with Crippen molar-refractivity contribution in [1.82, 2.24) is 20.0 Å². The van der Waals surface area contributed by atoms with Crippen LogP contribution in [0.2, 0.25) is 0 Å². The molecule has 1 amide bonds. The maximum absolute atomic E-state index is 13.4. The molecular weight excluding hydrogens is 406 g/mol. The first-order valence-corrected chi connectivity index (χ1v) is 11.8. The van der Waals surface area contributed by atoms with Gasteiger partial charge in [-0.15, -0.1) is 11.8 Å². The van der Waals surface area contributed by atoms with Crippen molar-refractivity contribution in [1.29, 1.82) is 5.41 Å². The lowest BCUT2D eigenvalue weighted by Crippen LogP contribution is -2.64. The lowest BCUT2D eigenvalue weighted by molar-refractivity contribution is -0.130. The number of hydrogen-bond donors (Lipinski definition) is 2. The Labute approximate surface area is 188 Å². The number of carbonyl (C=O) groups excluding carboxylic acids is 1. The molecule has 0 aliphatic carbocycles. The van der Waals surface area contributed by atoms with Crippen LogP contribution in [0.25, 0.3) is 0 Å². The van der Waals surface area contributed by atoms with Gasteiger partial charge < -0.3 is 5.32 Å². The van der Waals surface area contributed by atoms with Crippen LogP contribution in [0.4, 0.5) is 0 Å². The van der Waals surface area contributed by atoms with Gasteiger partial charge in [-0.05, 0) is 36.0 Å². The standard InChI is InChI=1S/C24H31N5OS/c1-6-15(2)16-7-9-17(10-8-16)21-22(30)29(5)23(25)27-24(21,3)20-11-18(14-31-20)19-12-26-28(4)13-19/h7-13,15,18,21H,6,14H2,1-5H3,(H2,25,27)/t15?,18?,21-,24+/m0/s1. The topological polar surface area (TPSA) is 74.0 Å². The highest BCUT2D eigenvalue weighted by molar-refractivity contribution is 8.03. The smallest absolute Gasteiger partial charge is 0.239 e. The molecule has 2 aromatic rings. The highest BCUT2D eigenvalue weighted by atomic mass is 32.2. The minimum Gasteiger partial charge on any atom is -0.345 e. The van der Waals surface area contributed by atoms with Crippen LogP contribution in [0, 0.1) is 5.41 Å². The van der Waals surface area contributed by atoms with Gasteiger partial charge in [0.1, 0.15) is 0 Å². The van der Waals surface area contributed by atoms with Crippen LogP contribution in [0.1, 0.15) is 61.6 Å². The van der Waals surface area contributed by atoms with Gasteiger partial charge in [0.15, 0.2) is 5.96 Å². The van der Waals surface area contributed by atoms with Gasteiger partial charge in [-0.2, -0.15) is 5.10 Å². The van der Waals surface area contributed by atoms with Gasteiger partial charge in [0.2, 0.25) is 5.91 Å². The molecule has 7 heteroatoms. The van der Waals surface area contributed by atoms with E-state index in [1.54, 1.807) is 18.8 Å². The SMILES string of the molecule is CCC(C)c1ccc([C@H]2C(=O)N(C)C(=N)N[C@]2(C)C2=CC(c3cnn(C)c3)CS2)cc1. The lowest BCUT2D eigenvalue weighted by Gasteiger charge is -2.46. The van der Waals surface area contributed by atoms with Gasteiger partial charge in [-0.25, -0.2) is 0 Å². The Kier molecular flexibility index (Phi) is 5.73. The average Bonchev–Trinajstić information content (AvgIpc) is 3.41. The van der Waals surface area contributed by atoms with Crippen molar-refractivity contribution in [3.63, 3.8) is 0 Å². The molecule has 2 aliphatic rings. The quantitative estimate of drug-likeness (QED) is 0.736. The first kappa shape index (κ1) is 21.7. The number of hydrogen-bond acceptors (Lipinski definition) is 4. The third-order valence-corrected chi connectivity index (χ3v) is 8.15. The minimum absolute atomic E-state index is 0.0473. The second kappa shape index (κ2) is 8.19. The summed E-state index contributed by atoms with van der Waals surface area (Å²) in [4.78, 5) is 16.0. The van der Waals surface area contributed by atoms with E-state index >= 15 is 0 Å². The van der Waals surface area contributed by atoms with Gasteiger partial charge in [0.05, 0.1) is 17.7 Å². The van der Waals surface area contributed by atoms with Crippen LogP contribution in [-0.2, 0) is 11.8 Å². The van der Waals surface area contributed by atoms with Gasteiger partial charge >= 0.3 is 0 Å². The molecule has 4 atom stereocenters. The molecule has 4 rings (SSSR count). The second-order valence-corrected chi connectivity index (χ2v) is 9.94. The van der Waals surface area contributed by atoms with Crippen LogP contribution in [0.15, 0.2) is 47.6 Å². The summed E-state index contributed by atoms with van der Waals surface area (Å²) in [6.07, 6.45) is 7.29. The summed E-state index contributed by atoms with van der Waals surface area (Å²) in [5, 5.41) is 16.1. The number of benzene rings is 1. The van der Waals surface area contributed by atoms with E-state index in [0.29, 0.717) is 5.92 Å². The Morgan fingerprint density at radius 3 is 2.61 bits per heavy atom. The number of aromatic nitrogens is 2. The highest BCUT2D eigenvalue weighted by Gasteiger charge is 2.50. The van der Waals surface area contributed by atoms with E-state index in [0.717, 1.165) is 22.6 Å². The molecule has 0 spiro atoms. The van der Waals surface area contributed by atoms with Crippen molar-refractivity contribution in [2.75, 3.05) is 12.8 Å². The van der Waals surface area contributed by atoms with Gasteiger partial charge in [0, 0.05) is 36.9 Å². The molecule has 1 fully saturated rings. The minimum atomic E-state index is -0.666. The second-order valence-electron chi connectivity index (χ2n) is 8.88. The Morgan fingerprint density at radius 2 is 2.00 bits per heavy atom. The van der Waals surface area contributed by atoms with E-state index in [4.69, 9.17) is 5.41 Å². The van der Waals surface area contributed by atoms with E-state index in [1.165, 1.54) is 16.0 Å². The number of likely N-dealkylation sites (N-methyl/N-ethyl adjacent to an activating group) is 1. The molecule has 0 saturated carbocycles. The van der Waals surface area contributed by atoms with Crippen LogP contribution in [-0.4, -0.2) is 44.9 Å². The summed E-state index contributed by atoms with van der Waals surface area (Å²) in [7, 11) is 3.60. The monoisotopic (exact) mass is 437 g/mol. The van der Waals surface area contributed by atoms with Crippen LogP contribution in [0.5, 0.6) is 0 Å². The van der Waals surface area contributed by atoms with Crippen molar-refractivity contribution >= 4 is 23.6 Å². The van der Waals surface area contributed by atoms with Crippen LogP contribution in [0.3, 0.4) is 0 Å². The first-order chi connectivity index (χ1) is 14.7. The summed E-state index contributed by atoms with van der Waals surface area (Å²) in [5.74, 6) is 1.36. The molecule has 1 aromatic heterocycles. The predicted molar refractivity (Wildman–Crippen MR) is 126 cm³/mol. The number of nitrogens with zero attached hydrogens (tertiary/aromatic N) is 3. The van der Waals surface area contributed by atoms with Gasteiger partial charge in [-0.3, -0.25) is 19.8 Å². The molecule has 2 unspecified atom stereocenters. The van der Waals surface area contributed by atoms with Crippen molar-refractivity contribution < 1.29 is 4.79 Å². The summed E-state index contributed by atoms with van der Waals surface area (Å²) < 4.78 is 1.82. The van der Waals surface area contributed by atoms with Crippen LogP contribution >= 0.6 is 11.8 Å². The molecule has 1 saturated heterocycles. The Morgan fingerprint density at radius 1 is 1.29 bits per heavy atom. The molecule has 3 heterocycles. The Hall–Kier alpha value is -2.54. The molecule has 0 bridgehead atoms. The number of rotatable bonds is 5. The predicted octanol–water partition coefficient (Wildman–Crippen LogP) is 4.19. The highest BCUT2D eigenvalue weighted by Crippen LogP contribution is 2.48. The Balaban J connectivity index is 1.72. The largest absolute Gasteiger partial charge is 0.345 e. The van der Waals surface area contributed by atoms with Gasteiger partial charge in [0.25, 0.3) is 0 Å². The number of guanidine groups is 1. The van der Waals surface area contributed by atoms with Crippen LogP contribution < -0.4 is 5.32 Å². The normalized spacial score (nSPS) is 27.3. The molecule has 6 nitrogen and oxygen atoms in total. The summed E-state index contributed by atoms with van der Waals surface area (Å²) in [5.41, 5.74) is 2.78. The number of thioether (sulfide) groups is 1. The number of carbonyl (C=O) groups is 1. The van der Waals surface area contributed by atoms with E-state index in [-0.39, 0.29) is 17.8 Å². The van der Waals surface area contributed by atoms with Gasteiger partial charge in [-0.1, -0.05) is 44.2 Å². The zero-order chi connectivity index (χ0) is 22.3. The van der Waals surface area contributed by atoms with E-state index in [2.05, 4.69) is 61.5 Å². The summed E-state index contributed by atoms with van der Waals surface area (Å²) in [6.45, 7) is 6.47. The molecule has 0 radical (unpaired) electrons. The molecule has 31 heavy (non-hydrogen) atoms. The Bertz CT molecular complexity index is 1030. The van der Waals surface area contributed by atoms with Crippen molar-refractivity contribution in [2.45, 2.75) is 50.5 Å².